The van der Waals surface area contributed by atoms with Gasteiger partial charge in [0.25, 0.3) is 0 Å². The number of benzene rings is 1. The SMILES string of the molecule is C[C@@H]1C[C@H](N2CCN(Cc3ccc4c(c3)OCCO4)CC2)C(=O)O1. The number of esters is 1. The quantitative estimate of drug-likeness (QED) is 0.777. The van der Waals surface area contributed by atoms with Crippen LogP contribution in [0.15, 0.2) is 18.2 Å². The lowest BCUT2D eigenvalue weighted by atomic mass is 10.1. The Bertz CT molecular complexity index is 613. The van der Waals surface area contributed by atoms with Gasteiger partial charge in [-0.3, -0.25) is 14.6 Å². The van der Waals surface area contributed by atoms with Gasteiger partial charge in [-0.25, -0.2) is 0 Å². The molecular formula is C18H24N2O4. The molecule has 1 aromatic carbocycles. The summed E-state index contributed by atoms with van der Waals surface area (Å²) in [6, 6.07) is 6.14. The van der Waals surface area contributed by atoms with Crippen molar-refractivity contribution in [2.45, 2.75) is 32.0 Å². The second-order valence-electron chi connectivity index (χ2n) is 6.79. The molecule has 0 spiro atoms. The number of hydrogen-bond donors (Lipinski definition) is 0. The Morgan fingerprint density at radius 3 is 2.54 bits per heavy atom. The third-order valence-corrected chi connectivity index (χ3v) is 5.01. The molecule has 0 unspecified atom stereocenters. The van der Waals surface area contributed by atoms with Crippen LogP contribution in [0.1, 0.15) is 18.9 Å². The molecule has 2 atom stereocenters. The highest BCUT2D eigenvalue weighted by molar-refractivity contribution is 5.78. The van der Waals surface area contributed by atoms with Crippen molar-refractivity contribution in [1.29, 1.82) is 0 Å². The lowest BCUT2D eigenvalue weighted by Gasteiger charge is -2.36. The van der Waals surface area contributed by atoms with E-state index in [9.17, 15) is 4.79 Å². The number of ether oxygens (including phenoxy) is 3. The number of nitrogens with zero attached hydrogens (tertiary/aromatic N) is 2. The molecule has 2 fully saturated rings. The second kappa shape index (κ2) is 6.61. The zero-order chi connectivity index (χ0) is 16.5. The van der Waals surface area contributed by atoms with Crippen LogP contribution in [0.3, 0.4) is 0 Å². The van der Waals surface area contributed by atoms with Crippen LogP contribution >= 0.6 is 0 Å². The maximum absolute atomic E-state index is 11.9. The largest absolute Gasteiger partial charge is 0.486 e. The van der Waals surface area contributed by atoms with Gasteiger partial charge in [-0.05, 0) is 24.6 Å². The molecule has 0 bridgehead atoms. The van der Waals surface area contributed by atoms with Crippen molar-refractivity contribution in [3.05, 3.63) is 23.8 Å². The monoisotopic (exact) mass is 332 g/mol. The van der Waals surface area contributed by atoms with Gasteiger partial charge in [-0.1, -0.05) is 6.07 Å². The number of hydrogen-bond acceptors (Lipinski definition) is 6. The normalized spacial score (nSPS) is 28.0. The zero-order valence-electron chi connectivity index (χ0n) is 14.1. The van der Waals surface area contributed by atoms with Crippen LogP contribution < -0.4 is 9.47 Å². The number of carbonyl (C=O) groups excluding carboxylic acids is 1. The minimum absolute atomic E-state index is 0.0450. The van der Waals surface area contributed by atoms with Gasteiger partial charge >= 0.3 is 5.97 Å². The smallest absolute Gasteiger partial charge is 0.323 e. The van der Waals surface area contributed by atoms with Gasteiger partial charge in [0, 0.05) is 39.1 Å². The van der Waals surface area contributed by atoms with E-state index in [2.05, 4.69) is 21.9 Å². The van der Waals surface area contributed by atoms with E-state index in [1.807, 2.05) is 13.0 Å². The summed E-state index contributed by atoms with van der Waals surface area (Å²) in [6.45, 7) is 7.86. The molecule has 0 aliphatic carbocycles. The summed E-state index contributed by atoms with van der Waals surface area (Å²) in [6.07, 6.45) is 0.874. The molecular weight excluding hydrogens is 308 g/mol. The molecule has 4 rings (SSSR count). The predicted molar refractivity (Wildman–Crippen MR) is 88.2 cm³/mol. The first-order valence-electron chi connectivity index (χ1n) is 8.74. The Morgan fingerprint density at radius 2 is 1.83 bits per heavy atom. The van der Waals surface area contributed by atoms with Gasteiger partial charge in [-0.2, -0.15) is 0 Å². The third kappa shape index (κ3) is 3.21. The first-order valence-corrected chi connectivity index (χ1v) is 8.74. The highest BCUT2D eigenvalue weighted by Gasteiger charge is 2.37. The molecule has 130 valence electrons. The maximum atomic E-state index is 11.9. The van der Waals surface area contributed by atoms with E-state index in [4.69, 9.17) is 14.2 Å². The number of carbonyl (C=O) groups is 1. The van der Waals surface area contributed by atoms with Crippen LogP contribution in [-0.4, -0.2) is 67.3 Å². The van der Waals surface area contributed by atoms with Gasteiger partial charge in [0.1, 0.15) is 25.4 Å². The van der Waals surface area contributed by atoms with E-state index in [-0.39, 0.29) is 18.1 Å². The Kier molecular flexibility index (Phi) is 4.33. The van der Waals surface area contributed by atoms with E-state index in [1.54, 1.807) is 0 Å². The second-order valence-corrected chi connectivity index (χ2v) is 6.79. The van der Waals surface area contributed by atoms with Crippen molar-refractivity contribution in [1.82, 2.24) is 9.80 Å². The van der Waals surface area contributed by atoms with E-state index >= 15 is 0 Å². The Balaban J connectivity index is 1.32. The number of piperazine rings is 1. The molecule has 3 heterocycles. The fourth-order valence-electron chi connectivity index (χ4n) is 3.71. The summed E-state index contributed by atoms with van der Waals surface area (Å²) >= 11 is 0. The highest BCUT2D eigenvalue weighted by Crippen LogP contribution is 2.31. The first-order chi connectivity index (χ1) is 11.7. The summed E-state index contributed by atoms with van der Waals surface area (Å²) < 4.78 is 16.5. The number of rotatable bonds is 3. The van der Waals surface area contributed by atoms with Gasteiger partial charge < -0.3 is 14.2 Å². The molecule has 3 aliphatic heterocycles. The van der Waals surface area contributed by atoms with Crippen molar-refractivity contribution in [2.75, 3.05) is 39.4 Å². The van der Waals surface area contributed by atoms with Crippen molar-refractivity contribution in [3.63, 3.8) is 0 Å². The molecule has 6 nitrogen and oxygen atoms in total. The van der Waals surface area contributed by atoms with Crippen molar-refractivity contribution in [2.24, 2.45) is 0 Å². The molecule has 1 aromatic rings. The lowest BCUT2D eigenvalue weighted by Crippen LogP contribution is -2.51. The Morgan fingerprint density at radius 1 is 1.08 bits per heavy atom. The summed E-state index contributed by atoms with van der Waals surface area (Å²) in [5.41, 5.74) is 1.24. The molecule has 0 aromatic heterocycles. The topological polar surface area (TPSA) is 51.2 Å². The standard InChI is InChI=1S/C18H24N2O4/c1-13-10-15(18(21)24-13)20-6-4-19(5-7-20)12-14-2-3-16-17(11-14)23-9-8-22-16/h2-3,11,13,15H,4-10,12H2,1H3/t13-,15+/m1/s1. The third-order valence-electron chi connectivity index (χ3n) is 5.01. The number of cyclic esters (lactones) is 1. The fourth-order valence-corrected chi connectivity index (χ4v) is 3.71. The molecule has 0 saturated carbocycles. The molecule has 0 N–H and O–H groups in total. The summed E-state index contributed by atoms with van der Waals surface area (Å²) in [7, 11) is 0. The molecule has 0 radical (unpaired) electrons. The zero-order valence-corrected chi connectivity index (χ0v) is 14.1. The number of fused-ring (bicyclic) bond motifs is 1. The highest BCUT2D eigenvalue weighted by atomic mass is 16.6. The van der Waals surface area contributed by atoms with Crippen LogP contribution in [0.5, 0.6) is 11.5 Å². The van der Waals surface area contributed by atoms with E-state index < -0.39 is 0 Å². The molecule has 6 heteroatoms. The average molecular weight is 332 g/mol. The summed E-state index contributed by atoms with van der Waals surface area (Å²) in [4.78, 5) is 16.6. The molecule has 2 saturated heterocycles. The minimum Gasteiger partial charge on any atom is -0.486 e. The van der Waals surface area contributed by atoms with Gasteiger partial charge in [0.15, 0.2) is 11.5 Å². The summed E-state index contributed by atoms with van der Waals surface area (Å²) in [5.74, 6) is 1.63. The van der Waals surface area contributed by atoms with E-state index in [0.717, 1.165) is 50.6 Å². The van der Waals surface area contributed by atoms with E-state index in [1.165, 1.54) is 5.56 Å². The van der Waals surface area contributed by atoms with Crippen LogP contribution in [-0.2, 0) is 16.1 Å². The van der Waals surface area contributed by atoms with Crippen molar-refractivity contribution in [3.8, 4) is 11.5 Å². The van der Waals surface area contributed by atoms with Crippen LogP contribution in [0.4, 0.5) is 0 Å². The van der Waals surface area contributed by atoms with Crippen LogP contribution in [0.25, 0.3) is 0 Å². The maximum Gasteiger partial charge on any atom is 0.323 e. The van der Waals surface area contributed by atoms with Gasteiger partial charge in [-0.15, -0.1) is 0 Å². The summed E-state index contributed by atoms with van der Waals surface area (Å²) in [5, 5.41) is 0. The van der Waals surface area contributed by atoms with Gasteiger partial charge in [0.2, 0.25) is 0 Å². The van der Waals surface area contributed by atoms with Crippen molar-refractivity contribution >= 4 is 5.97 Å². The minimum atomic E-state index is -0.0530. The predicted octanol–water partition coefficient (Wildman–Crippen LogP) is 1.28. The molecule has 3 aliphatic rings. The Hall–Kier alpha value is -1.79. The van der Waals surface area contributed by atoms with Crippen LogP contribution in [0.2, 0.25) is 0 Å². The fraction of sp³-hybridized carbons (Fsp3) is 0.611. The van der Waals surface area contributed by atoms with E-state index in [0.29, 0.717) is 13.2 Å². The Labute approximate surface area is 142 Å². The molecule has 24 heavy (non-hydrogen) atoms. The van der Waals surface area contributed by atoms with Crippen molar-refractivity contribution < 1.29 is 19.0 Å². The lowest BCUT2D eigenvalue weighted by molar-refractivity contribution is -0.145. The molecule has 0 amide bonds. The van der Waals surface area contributed by atoms with Gasteiger partial charge in [0.05, 0.1) is 0 Å². The van der Waals surface area contributed by atoms with Crippen LogP contribution in [0, 0.1) is 0 Å². The first kappa shape index (κ1) is 15.7. The average Bonchev–Trinajstić information content (AvgIpc) is 2.94.